The molecule has 0 atom stereocenters. The van der Waals surface area contributed by atoms with E-state index in [-0.39, 0.29) is 0 Å². The van der Waals surface area contributed by atoms with Crippen LogP contribution in [0.5, 0.6) is 11.5 Å². The maximum Gasteiger partial charge on any atom is 0.163 e. The van der Waals surface area contributed by atoms with E-state index >= 15 is 0 Å². The molecular weight excluding hydrogens is 278 g/mol. The number of rotatable bonds is 3. The minimum Gasteiger partial charge on any atom is -0.486 e. The molecule has 2 heterocycles. The number of halogens is 1. The Balaban J connectivity index is 1.79. The number of aryl methyl sites for hydroxylation is 1. The molecule has 106 valence electrons. The normalized spacial score (nSPS) is 13.3. The number of benzene rings is 1. The summed E-state index contributed by atoms with van der Waals surface area (Å²) >= 11 is 6.25. The van der Waals surface area contributed by atoms with Crippen LogP contribution >= 0.6 is 11.6 Å². The van der Waals surface area contributed by atoms with Gasteiger partial charge in [-0.05, 0) is 6.92 Å². The van der Waals surface area contributed by atoms with Gasteiger partial charge in [0.1, 0.15) is 13.2 Å². The second kappa shape index (κ2) is 5.25. The summed E-state index contributed by atoms with van der Waals surface area (Å²) in [5.74, 6) is 1.43. The topological polar surface area (TPSA) is 48.3 Å². The zero-order valence-corrected chi connectivity index (χ0v) is 12.2. The van der Waals surface area contributed by atoms with Gasteiger partial charge in [-0.2, -0.15) is 5.10 Å². The van der Waals surface area contributed by atoms with E-state index < -0.39 is 0 Å². The van der Waals surface area contributed by atoms with Crippen molar-refractivity contribution in [1.29, 1.82) is 0 Å². The van der Waals surface area contributed by atoms with E-state index in [2.05, 4.69) is 10.4 Å². The zero-order valence-electron chi connectivity index (χ0n) is 11.4. The lowest BCUT2D eigenvalue weighted by Gasteiger charge is -2.20. The molecule has 1 aromatic carbocycles. The molecule has 0 bridgehead atoms. The second-order valence-electron chi connectivity index (χ2n) is 4.71. The van der Waals surface area contributed by atoms with E-state index in [0.717, 1.165) is 22.7 Å². The summed E-state index contributed by atoms with van der Waals surface area (Å²) in [6.45, 7) is 3.83. The summed E-state index contributed by atoms with van der Waals surface area (Å²) in [4.78, 5) is 0. The highest BCUT2D eigenvalue weighted by molar-refractivity contribution is 6.33. The van der Waals surface area contributed by atoms with Gasteiger partial charge in [-0.15, -0.1) is 0 Å². The Morgan fingerprint density at radius 2 is 2.00 bits per heavy atom. The predicted octanol–water partition coefficient (Wildman–Crippen LogP) is 2.77. The lowest BCUT2D eigenvalue weighted by molar-refractivity contribution is 0.171. The van der Waals surface area contributed by atoms with Crippen LogP contribution in [0, 0.1) is 6.92 Å². The Bertz CT molecular complexity index is 640. The first-order chi connectivity index (χ1) is 9.65. The van der Waals surface area contributed by atoms with Crippen LogP contribution in [0.2, 0.25) is 5.02 Å². The molecule has 1 N–H and O–H groups in total. The van der Waals surface area contributed by atoms with E-state index in [1.54, 1.807) is 6.07 Å². The van der Waals surface area contributed by atoms with E-state index in [0.29, 0.717) is 30.5 Å². The van der Waals surface area contributed by atoms with Gasteiger partial charge in [-0.25, -0.2) is 0 Å². The Kier molecular flexibility index (Phi) is 3.44. The summed E-state index contributed by atoms with van der Waals surface area (Å²) in [5.41, 5.74) is 3.10. The summed E-state index contributed by atoms with van der Waals surface area (Å²) in [6, 6.07) is 3.66. The van der Waals surface area contributed by atoms with Crippen molar-refractivity contribution < 1.29 is 9.47 Å². The van der Waals surface area contributed by atoms with Gasteiger partial charge in [0.2, 0.25) is 0 Å². The molecule has 0 aliphatic carbocycles. The number of hydrogen-bond donors (Lipinski definition) is 1. The number of ether oxygens (including phenoxy) is 2. The fraction of sp³-hybridized carbons (Fsp3) is 0.357. The van der Waals surface area contributed by atoms with Crippen LogP contribution in [-0.4, -0.2) is 23.0 Å². The van der Waals surface area contributed by atoms with Crippen LogP contribution < -0.4 is 14.8 Å². The van der Waals surface area contributed by atoms with Crippen LogP contribution in [0.3, 0.4) is 0 Å². The van der Waals surface area contributed by atoms with Gasteiger partial charge in [-0.1, -0.05) is 11.6 Å². The number of fused-ring (bicyclic) bond motifs is 1. The highest BCUT2D eigenvalue weighted by Gasteiger charge is 2.15. The summed E-state index contributed by atoms with van der Waals surface area (Å²) in [6.07, 6.45) is 1.86. The number of nitrogens with zero attached hydrogens (tertiary/aromatic N) is 2. The number of nitrogens with one attached hydrogen (secondary N) is 1. The maximum atomic E-state index is 6.25. The van der Waals surface area contributed by atoms with Gasteiger partial charge in [0.15, 0.2) is 11.5 Å². The molecule has 0 amide bonds. The lowest BCUT2D eigenvalue weighted by atomic mass is 10.2. The third kappa shape index (κ3) is 2.41. The lowest BCUT2D eigenvalue weighted by Crippen LogP contribution is -2.15. The molecule has 20 heavy (non-hydrogen) atoms. The molecule has 1 aliphatic heterocycles. The van der Waals surface area contributed by atoms with Crippen molar-refractivity contribution >= 4 is 17.3 Å². The van der Waals surface area contributed by atoms with Crippen LogP contribution in [0.4, 0.5) is 5.69 Å². The largest absolute Gasteiger partial charge is 0.486 e. The molecule has 1 aliphatic rings. The first-order valence-corrected chi connectivity index (χ1v) is 6.83. The quantitative estimate of drug-likeness (QED) is 0.945. The number of hydrogen-bond acceptors (Lipinski definition) is 4. The van der Waals surface area contributed by atoms with Crippen LogP contribution in [0.15, 0.2) is 18.3 Å². The molecule has 0 radical (unpaired) electrons. The predicted molar refractivity (Wildman–Crippen MR) is 77.7 cm³/mol. The number of aromatic nitrogens is 2. The Labute approximate surface area is 122 Å². The van der Waals surface area contributed by atoms with Crippen LogP contribution in [0.1, 0.15) is 11.3 Å². The number of anilines is 1. The highest BCUT2D eigenvalue weighted by atomic mass is 35.5. The van der Waals surface area contributed by atoms with E-state index in [4.69, 9.17) is 21.1 Å². The standard InChI is InChI=1S/C14H16ClN3O2/c1-9-10(8-17-18(9)2)7-16-12-6-14-13(5-11(12)15)19-3-4-20-14/h5-6,8,16H,3-4,7H2,1-2H3. The van der Waals surface area contributed by atoms with Gasteiger partial charge in [-0.3, -0.25) is 4.68 Å². The first-order valence-electron chi connectivity index (χ1n) is 6.45. The summed E-state index contributed by atoms with van der Waals surface area (Å²) < 4.78 is 12.9. The third-order valence-electron chi connectivity index (χ3n) is 3.44. The summed E-state index contributed by atoms with van der Waals surface area (Å²) in [5, 5.41) is 8.15. The molecule has 1 aromatic heterocycles. The zero-order chi connectivity index (χ0) is 14.1. The minimum atomic E-state index is 0.560. The van der Waals surface area contributed by atoms with Crippen LogP contribution in [-0.2, 0) is 13.6 Å². The van der Waals surface area contributed by atoms with E-state index in [1.807, 2.05) is 30.9 Å². The molecule has 5 nitrogen and oxygen atoms in total. The molecule has 0 saturated carbocycles. The van der Waals surface area contributed by atoms with Crippen molar-refractivity contribution in [2.75, 3.05) is 18.5 Å². The van der Waals surface area contributed by atoms with Crippen molar-refractivity contribution in [2.45, 2.75) is 13.5 Å². The smallest absolute Gasteiger partial charge is 0.163 e. The first kappa shape index (κ1) is 13.1. The third-order valence-corrected chi connectivity index (χ3v) is 3.75. The van der Waals surface area contributed by atoms with Crippen molar-refractivity contribution in [3.05, 3.63) is 34.6 Å². The fourth-order valence-electron chi connectivity index (χ4n) is 2.11. The van der Waals surface area contributed by atoms with Crippen molar-refractivity contribution in [1.82, 2.24) is 9.78 Å². The minimum absolute atomic E-state index is 0.560. The van der Waals surface area contributed by atoms with Crippen molar-refractivity contribution in [2.24, 2.45) is 7.05 Å². The average Bonchev–Trinajstić information content (AvgIpc) is 2.76. The monoisotopic (exact) mass is 293 g/mol. The molecule has 0 spiro atoms. The molecular formula is C14H16ClN3O2. The molecule has 6 heteroatoms. The molecule has 0 saturated heterocycles. The van der Waals surface area contributed by atoms with Gasteiger partial charge in [0, 0.05) is 37.0 Å². The molecule has 2 aromatic rings. The van der Waals surface area contributed by atoms with Crippen molar-refractivity contribution in [3.63, 3.8) is 0 Å². The average molecular weight is 294 g/mol. The van der Waals surface area contributed by atoms with Crippen LogP contribution in [0.25, 0.3) is 0 Å². The highest BCUT2D eigenvalue weighted by Crippen LogP contribution is 2.38. The summed E-state index contributed by atoms with van der Waals surface area (Å²) in [7, 11) is 1.93. The SMILES string of the molecule is Cc1c(CNc2cc3c(cc2Cl)OCCO3)cnn1C. The van der Waals surface area contributed by atoms with Gasteiger partial charge in [0.25, 0.3) is 0 Å². The van der Waals surface area contributed by atoms with Gasteiger partial charge in [0.05, 0.1) is 16.9 Å². The van der Waals surface area contributed by atoms with Gasteiger partial charge >= 0.3 is 0 Å². The maximum absolute atomic E-state index is 6.25. The van der Waals surface area contributed by atoms with Crippen molar-refractivity contribution in [3.8, 4) is 11.5 Å². The Hall–Kier alpha value is -1.88. The molecule has 3 rings (SSSR count). The molecule has 0 fully saturated rings. The van der Waals surface area contributed by atoms with Gasteiger partial charge < -0.3 is 14.8 Å². The fourth-order valence-corrected chi connectivity index (χ4v) is 2.33. The molecule has 0 unspecified atom stereocenters. The Morgan fingerprint density at radius 1 is 1.30 bits per heavy atom. The van der Waals surface area contributed by atoms with E-state index in [9.17, 15) is 0 Å². The van der Waals surface area contributed by atoms with E-state index in [1.165, 1.54) is 0 Å². The second-order valence-corrected chi connectivity index (χ2v) is 5.12. The Morgan fingerprint density at radius 3 is 2.65 bits per heavy atom.